The number of aliphatic hydroxyl groups is 1. The molecule has 2 atom stereocenters. The molecule has 0 bridgehead atoms. The highest BCUT2D eigenvalue weighted by Gasteiger charge is 2.29. The first kappa shape index (κ1) is 19.4. The van der Waals surface area contributed by atoms with Gasteiger partial charge in [-0.05, 0) is 56.7 Å². The second kappa shape index (κ2) is 8.09. The van der Waals surface area contributed by atoms with Gasteiger partial charge in [-0.2, -0.15) is 5.10 Å². The lowest BCUT2D eigenvalue weighted by atomic mass is 9.86. The SMILES string of the molecule is Cc1ccccc1C[C@H]1CCN(C(=O)/C=C/c2c(C)nn(C)c2C)C[C@@H]1O. The van der Waals surface area contributed by atoms with Crippen LogP contribution in [0.2, 0.25) is 0 Å². The van der Waals surface area contributed by atoms with Crippen LogP contribution >= 0.6 is 0 Å². The molecule has 1 aromatic carbocycles. The van der Waals surface area contributed by atoms with Crippen molar-refractivity contribution in [1.82, 2.24) is 14.7 Å². The Morgan fingerprint density at radius 1 is 1.30 bits per heavy atom. The fourth-order valence-electron chi connectivity index (χ4n) is 3.83. The van der Waals surface area contributed by atoms with Crippen LogP contribution in [0, 0.1) is 26.7 Å². The summed E-state index contributed by atoms with van der Waals surface area (Å²) in [6.45, 7) is 7.11. The summed E-state index contributed by atoms with van der Waals surface area (Å²) in [4.78, 5) is 14.3. The van der Waals surface area contributed by atoms with E-state index in [4.69, 9.17) is 0 Å². The molecule has 2 aromatic rings. The van der Waals surface area contributed by atoms with E-state index < -0.39 is 6.10 Å². The van der Waals surface area contributed by atoms with Gasteiger partial charge in [-0.3, -0.25) is 9.48 Å². The number of benzene rings is 1. The fraction of sp³-hybridized carbons (Fsp3) is 0.455. The van der Waals surface area contributed by atoms with E-state index in [-0.39, 0.29) is 11.8 Å². The molecule has 1 aliphatic heterocycles. The van der Waals surface area contributed by atoms with Crippen LogP contribution in [0.3, 0.4) is 0 Å². The molecule has 27 heavy (non-hydrogen) atoms. The van der Waals surface area contributed by atoms with E-state index in [0.717, 1.165) is 29.8 Å². The second-order valence-electron chi connectivity index (χ2n) is 7.57. The maximum absolute atomic E-state index is 12.6. The number of β-amino-alcohol motifs (C(OH)–C–C–N with tert-alkyl or cyclic N) is 1. The van der Waals surface area contributed by atoms with Crippen molar-refractivity contribution in [3.05, 3.63) is 58.4 Å². The van der Waals surface area contributed by atoms with Crippen LogP contribution in [0.4, 0.5) is 0 Å². The van der Waals surface area contributed by atoms with Gasteiger partial charge in [0.2, 0.25) is 5.91 Å². The quantitative estimate of drug-likeness (QED) is 0.846. The van der Waals surface area contributed by atoms with Gasteiger partial charge in [-0.15, -0.1) is 0 Å². The predicted molar refractivity (Wildman–Crippen MR) is 107 cm³/mol. The summed E-state index contributed by atoms with van der Waals surface area (Å²) in [6.07, 6.45) is 4.63. The van der Waals surface area contributed by atoms with Crippen molar-refractivity contribution in [3.63, 3.8) is 0 Å². The van der Waals surface area contributed by atoms with E-state index in [1.54, 1.807) is 11.0 Å². The maximum Gasteiger partial charge on any atom is 0.246 e. The number of aliphatic hydroxyl groups excluding tert-OH is 1. The summed E-state index contributed by atoms with van der Waals surface area (Å²) in [7, 11) is 1.90. The topological polar surface area (TPSA) is 58.4 Å². The molecule has 2 heterocycles. The van der Waals surface area contributed by atoms with Crippen molar-refractivity contribution >= 4 is 12.0 Å². The van der Waals surface area contributed by atoms with Gasteiger partial charge in [0.25, 0.3) is 0 Å². The van der Waals surface area contributed by atoms with Crippen molar-refractivity contribution in [2.75, 3.05) is 13.1 Å². The molecule has 0 spiro atoms. The Balaban J connectivity index is 1.61. The molecule has 5 nitrogen and oxygen atoms in total. The molecule has 0 saturated carbocycles. The average molecular weight is 367 g/mol. The summed E-state index contributed by atoms with van der Waals surface area (Å²) in [5.41, 5.74) is 5.47. The lowest BCUT2D eigenvalue weighted by Crippen LogP contribution is -2.46. The highest BCUT2D eigenvalue weighted by atomic mass is 16.3. The number of piperidine rings is 1. The van der Waals surface area contributed by atoms with Gasteiger partial charge >= 0.3 is 0 Å². The molecule has 3 rings (SSSR count). The zero-order chi connectivity index (χ0) is 19.6. The molecule has 1 aliphatic rings. The molecule has 1 fully saturated rings. The first-order valence-corrected chi connectivity index (χ1v) is 9.56. The molecule has 0 radical (unpaired) electrons. The predicted octanol–water partition coefficient (Wildman–Crippen LogP) is 2.81. The van der Waals surface area contributed by atoms with Gasteiger partial charge in [-0.1, -0.05) is 24.3 Å². The smallest absolute Gasteiger partial charge is 0.246 e. The first-order valence-electron chi connectivity index (χ1n) is 9.56. The number of carbonyl (C=O) groups is 1. The third-order valence-electron chi connectivity index (χ3n) is 5.73. The van der Waals surface area contributed by atoms with Crippen molar-refractivity contribution in [3.8, 4) is 0 Å². The number of hydrogen-bond acceptors (Lipinski definition) is 3. The fourth-order valence-corrected chi connectivity index (χ4v) is 3.83. The lowest BCUT2D eigenvalue weighted by molar-refractivity contribution is -0.130. The summed E-state index contributed by atoms with van der Waals surface area (Å²) >= 11 is 0. The van der Waals surface area contributed by atoms with Crippen LogP contribution in [0.15, 0.2) is 30.3 Å². The third kappa shape index (κ3) is 4.30. The average Bonchev–Trinajstić information content (AvgIpc) is 2.88. The van der Waals surface area contributed by atoms with Crippen LogP contribution in [0.1, 0.15) is 34.5 Å². The number of carbonyl (C=O) groups excluding carboxylic acids is 1. The van der Waals surface area contributed by atoms with E-state index in [1.165, 1.54) is 11.1 Å². The lowest BCUT2D eigenvalue weighted by Gasteiger charge is -2.35. The zero-order valence-electron chi connectivity index (χ0n) is 16.6. The van der Waals surface area contributed by atoms with Gasteiger partial charge in [0, 0.05) is 37.5 Å². The van der Waals surface area contributed by atoms with E-state index in [2.05, 4.69) is 24.2 Å². The molecular formula is C22H29N3O2. The monoisotopic (exact) mass is 367 g/mol. The molecule has 1 N–H and O–H groups in total. The Kier molecular flexibility index (Phi) is 5.80. The maximum atomic E-state index is 12.6. The number of aryl methyl sites for hydroxylation is 3. The number of nitrogens with zero attached hydrogens (tertiary/aromatic N) is 3. The van der Waals surface area contributed by atoms with E-state index in [0.29, 0.717) is 13.1 Å². The largest absolute Gasteiger partial charge is 0.391 e. The number of aromatic nitrogens is 2. The normalized spacial score (nSPS) is 20.4. The van der Waals surface area contributed by atoms with E-state index in [1.807, 2.05) is 43.8 Å². The Morgan fingerprint density at radius 3 is 2.67 bits per heavy atom. The Bertz CT molecular complexity index is 853. The molecule has 1 saturated heterocycles. The summed E-state index contributed by atoms with van der Waals surface area (Å²) < 4.78 is 1.82. The van der Waals surface area contributed by atoms with Gasteiger partial charge in [-0.25, -0.2) is 0 Å². The van der Waals surface area contributed by atoms with Crippen molar-refractivity contribution < 1.29 is 9.90 Å². The van der Waals surface area contributed by atoms with Crippen LogP contribution in [0.5, 0.6) is 0 Å². The minimum Gasteiger partial charge on any atom is -0.391 e. The van der Waals surface area contributed by atoms with Crippen molar-refractivity contribution in [2.24, 2.45) is 13.0 Å². The molecule has 144 valence electrons. The minimum atomic E-state index is -0.488. The molecule has 0 aliphatic carbocycles. The Morgan fingerprint density at radius 2 is 2.04 bits per heavy atom. The van der Waals surface area contributed by atoms with Gasteiger partial charge in [0.05, 0.1) is 11.8 Å². The molecule has 5 heteroatoms. The third-order valence-corrected chi connectivity index (χ3v) is 5.73. The highest BCUT2D eigenvalue weighted by molar-refractivity contribution is 5.92. The summed E-state index contributed by atoms with van der Waals surface area (Å²) in [6, 6.07) is 8.31. The van der Waals surface area contributed by atoms with Crippen LogP contribution < -0.4 is 0 Å². The zero-order valence-corrected chi connectivity index (χ0v) is 16.6. The van der Waals surface area contributed by atoms with Gasteiger partial charge in [0.15, 0.2) is 0 Å². The summed E-state index contributed by atoms with van der Waals surface area (Å²) in [5.74, 6) is 0.146. The van der Waals surface area contributed by atoms with Crippen molar-refractivity contribution in [2.45, 2.75) is 39.7 Å². The molecule has 0 unspecified atom stereocenters. The van der Waals surface area contributed by atoms with E-state index in [9.17, 15) is 9.90 Å². The van der Waals surface area contributed by atoms with Gasteiger partial charge < -0.3 is 10.0 Å². The van der Waals surface area contributed by atoms with E-state index >= 15 is 0 Å². The second-order valence-corrected chi connectivity index (χ2v) is 7.57. The Hall–Kier alpha value is -2.40. The Labute approximate surface area is 161 Å². The minimum absolute atomic E-state index is 0.0500. The van der Waals surface area contributed by atoms with Crippen molar-refractivity contribution in [1.29, 1.82) is 0 Å². The number of likely N-dealkylation sites (tertiary alicyclic amines) is 1. The number of amides is 1. The number of hydrogen-bond donors (Lipinski definition) is 1. The summed E-state index contributed by atoms with van der Waals surface area (Å²) in [5, 5.41) is 15.0. The molecular weight excluding hydrogens is 338 g/mol. The van der Waals surface area contributed by atoms with Crippen LogP contribution in [-0.4, -0.2) is 44.9 Å². The standard InChI is InChI=1S/C22H29N3O2/c1-15-7-5-6-8-18(15)13-19-11-12-25(14-21(19)26)22(27)10-9-20-16(2)23-24(4)17(20)3/h5-10,19,21,26H,11-14H2,1-4H3/b10-9+/t19-,21+/m1/s1. The highest BCUT2D eigenvalue weighted by Crippen LogP contribution is 2.24. The van der Waals surface area contributed by atoms with Crippen LogP contribution in [-0.2, 0) is 18.3 Å². The first-order chi connectivity index (χ1) is 12.9. The molecule has 1 aromatic heterocycles. The molecule has 1 amide bonds. The number of rotatable bonds is 4. The van der Waals surface area contributed by atoms with Crippen LogP contribution in [0.25, 0.3) is 6.08 Å². The van der Waals surface area contributed by atoms with Gasteiger partial charge in [0.1, 0.15) is 0 Å².